The lowest BCUT2D eigenvalue weighted by atomic mass is 10.1. The Kier molecular flexibility index (Phi) is 5.31. The van der Waals surface area contributed by atoms with Crippen molar-refractivity contribution in [3.63, 3.8) is 0 Å². The van der Waals surface area contributed by atoms with E-state index in [1.807, 2.05) is 0 Å². The molecule has 5 heteroatoms. The van der Waals surface area contributed by atoms with Gasteiger partial charge in [0.15, 0.2) is 0 Å². The smallest absolute Gasteiger partial charge is 0.346 e. The number of hydrogen-bond donors (Lipinski definition) is 2. The summed E-state index contributed by atoms with van der Waals surface area (Å²) in [5, 5.41) is 13.2. The molecular weight excluding hydrogens is 289 g/mol. The van der Waals surface area contributed by atoms with Gasteiger partial charge in [0.2, 0.25) is 0 Å². The minimum Gasteiger partial charge on any atom is -0.477 e. The number of carboxylic acids is 1. The molecule has 1 unspecified atom stereocenters. The van der Waals surface area contributed by atoms with Crippen molar-refractivity contribution in [1.29, 1.82) is 0 Å². The topological polar surface area (TPSA) is 49.3 Å². The third kappa shape index (κ3) is 3.41. The second-order valence-electron chi connectivity index (χ2n) is 5.10. The first-order chi connectivity index (χ1) is 10.1. The van der Waals surface area contributed by atoms with Crippen LogP contribution in [-0.4, -0.2) is 17.1 Å². The van der Waals surface area contributed by atoms with Crippen molar-refractivity contribution in [3.8, 4) is 0 Å². The third-order valence-corrected chi connectivity index (χ3v) is 4.84. The number of carbonyl (C=O) groups is 1. The average molecular weight is 309 g/mol. The average Bonchev–Trinajstić information content (AvgIpc) is 2.84. The van der Waals surface area contributed by atoms with Crippen molar-refractivity contribution in [1.82, 2.24) is 5.32 Å². The van der Waals surface area contributed by atoms with E-state index in [-0.39, 0.29) is 10.7 Å². The summed E-state index contributed by atoms with van der Waals surface area (Å²) in [7, 11) is 0. The van der Waals surface area contributed by atoms with E-state index >= 15 is 0 Å². The lowest BCUT2D eigenvalue weighted by Crippen LogP contribution is -2.28. The van der Waals surface area contributed by atoms with Gasteiger partial charge >= 0.3 is 5.97 Å². The largest absolute Gasteiger partial charge is 0.477 e. The van der Waals surface area contributed by atoms with Crippen molar-refractivity contribution in [3.05, 3.63) is 34.5 Å². The second kappa shape index (κ2) is 7.00. The van der Waals surface area contributed by atoms with Crippen LogP contribution in [-0.2, 0) is 6.54 Å². The molecule has 0 amide bonds. The van der Waals surface area contributed by atoms with E-state index in [4.69, 9.17) is 0 Å². The molecule has 2 N–H and O–H groups in total. The molecule has 1 heterocycles. The van der Waals surface area contributed by atoms with Gasteiger partial charge in [-0.3, -0.25) is 0 Å². The number of benzene rings is 1. The van der Waals surface area contributed by atoms with Crippen LogP contribution in [0.3, 0.4) is 0 Å². The molecule has 0 radical (unpaired) electrons. The van der Waals surface area contributed by atoms with E-state index in [2.05, 4.69) is 19.2 Å². The first kappa shape index (κ1) is 15.9. The number of rotatable bonds is 7. The van der Waals surface area contributed by atoms with E-state index < -0.39 is 5.97 Å². The van der Waals surface area contributed by atoms with Crippen LogP contribution >= 0.6 is 11.3 Å². The van der Waals surface area contributed by atoms with Crippen LogP contribution in [0.2, 0.25) is 0 Å². The minimum atomic E-state index is -0.990. The van der Waals surface area contributed by atoms with Crippen molar-refractivity contribution in [2.75, 3.05) is 0 Å². The Labute approximate surface area is 127 Å². The fourth-order valence-corrected chi connectivity index (χ4v) is 3.63. The summed E-state index contributed by atoms with van der Waals surface area (Å²) in [6.07, 6.45) is 3.07. The number of nitrogens with one attached hydrogen (secondary N) is 1. The van der Waals surface area contributed by atoms with Crippen molar-refractivity contribution in [2.45, 2.75) is 45.7 Å². The Morgan fingerprint density at radius 2 is 2.19 bits per heavy atom. The quantitative estimate of drug-likeness (QED) is 0.796. The SMILES string of the molecule is CCCC(CC)NCc1c(C(=O)O)sc2cccc(F)c12. The van der Waals surface area contributed by atoms with Crippen molar-refractivity contribution >= 4 is 27.4 Å². The highest BCUT2D eigenvalue weighted by atomic mass is 32.1. The maximum atomic E-state index is 14.1. The Morgan fingerprint density at radius 3 is 2.81 bits per heavy atom. The summed E-state index contributed by atoms with van der Waals surface area (Å²) in [6, 6.07) is 5.09. The van der Waals surface area contributed by atoms with Gasteiger partial charge in [-0.05, 0) is 25.0 Å². The molecule has 114 valence electrons. The van der Waals surface area contributed by atoms with Crippen LogP contribution in [0.15, 0.2) is 18.2 Å². The van der Waals surface area contributed by atoms with Crippen LogP contribution in [0.4, 0.5) is 4.39 Å². The highest BCUT2D eigenvalue weighted by Gasteiger charge is 2.20. The van der Waals surface area contributed by atoms with Gasteiger partial charge in [-0.1, -0.05) is 26.3 Å². The Morgan fingerprint density at radius 1 is 1.43 bits per heavy atom. The van der Waals surface area contributed by atoms with Gasteiger partial charge in [0, 0.05) is 28.2 Å². The predicted molar refractivity (Wildman–Crippen MR) is 84.6 cm³/mol. The molecule has 2 rings (SSSR count). The molecule has 0 aliphatic rings. The number of thiophene rings is 1. The molecule has 0 aliphatic heterocycles. The maximum Gasteiger partial charge on any atom is 0.346 e. The van der Waals surface area contributed by atoms with Crippen LogP contribution < -0.4 is 5.32 Å². The summed E-state index contributed by atoms with van der Waals surface area (Å²) in [5.41, 5.74) is 0.565. The fraction of sp³-hybridized carbons (Fsp3) is 0.438. The molecule has 0 aliphatic carbocycles. The number of halogens is 1. The summed E-state index contributed by atoms with van der Waals surface area (Å²) in [5.74, 6) is -1.34. The number of fused-ring (bicyclic) bond motifs is 1. The summed E-state index contributed by atoms with van der Waals surface area (Å²) < 4.78 is 14.8. The van der Waals surface area contributed by atoms with E-state index in [0.29, 0.717) is 28.2 Å². The number of aromatic carboxylic acids is 1. The van der Waals surface area contributed by atoms with Gasteiger partial charge in [0.05, 0.1) is 0 Å². The van der Waals surface area contributed by atoms with Gasteiger partial charge in [0.25, 0.3) is 0 Å². The predicted octanol–water partition coefficient (Wildman–Crippen LogP) is 4.41. The lowest BCUT2D eigenvalue weighted by Gasteiger charge is -2.16. The number of carboxylic acid groups (broad SMARTS) is 1. The molecule has 21 heavy (non-hydrogen) atoms. The zero-order valence-electron chi connectivity index (χ0n) is 12.3. The fourth-order valence-electron chi connectivity index (χ4n) is 2.55. The van der Waals surface area contributed by atoms with Gasteiger partial charge in [-0.15, -0.1) is 11.3 Å². The minimum absolute atomic E-state index is 0.231. The molecule has 2 aromatic rings. The highest BCUT2D eigenvalue weighted by molar-refractivity contribution is 7.21. The van der Waals surface area contributed by atoms with Crippen molar-refractivity contribution in [2.24, 2.45) is 0 Å². The maximum absolute atomic E-state index is 14.1. The Bertz CT molecular complexity index is 638. The first-order valence-corrected chi connectivity index (χ1v) is 8.06. The molecule has 0 fully saturated rings. The first-order valence-electron chi connectivity index (χ1n) is 7.25. The molecular formula is C16H20FNO2S. The summed E-state index contributed by atoms with van der Waals surface area (Å²) >= 11 is 1.14. The molecule has 0 spiro atoms. The van der Waals surface area contributed by atoms with Gasteiger partial charge in [-0.25, -0.2) is 9.18 Å². The van der Waals surface area contributed by atoms with Crippen LogP contribution in [0.5, 0.6) is 0 Å². The second-order valence-corrected chi connectivity index (χ2v) is 6.15. The molecule has 0 bridgehead atoms. The molecule has 1 aromatic heterocycles. The molecule has 0 saturated heterocycles. The summed E-state index contributed by atoms with van der Waals surface area (Å²) in [4.78, 5) is 11.6. The van der Waals surface area contributed by atoms with Gasteiger partial charge in [0.1, 0.15) is 10.7 Å². The lowest BCUT2D eigenvalue weighted by molar-refractivity contribution is 0.0701. The van der Waals surface area contributed by atoms with Crippen LogP contribution in [0.1, 0.15) is 48.3 Å². The normalized spacial score (nSPS) is 12.7. The van der Waals surface area contributed by atoms with E-state index in [0.717, 1.165) is 30.6 Å². The third-order valence-electron chi connectivity index (χ3n) is 3.65. The van der Waals surface area contributed by atoms with Crippen LogP contribution in [0.25, 0.3) is 10.1 Å². The number of hydrogen-bond acceptors (Lipinski definition) is 3. The van der Waals surface area contributed by atoms with Gasteiger partial charge in [-0.2, -0.15) is 0 Å². The monoisotopic (exact) mass is 309 g/mol. The van der Waals surface area contributed by atoms with Crippen molar-refractivity contribution < 1.29 is 14.3 Å². The Hall–Kier alpha value is -1.46. The molecule has 3 nitrogen and oxygen atoms in total. The van der Waals surface area contributed by atoms with Gasteiger partial charge < -0.3 is 10.4 Å². The highest BCUT2D eigenvalue weighted by Crippen LogP contribution is 2.33. The standard InChI is InChI=1S/C16H20FNO2S/c1-3-6-10(4-2)18-9-11-14-12(17)7-5-8-13(14)21-15(11)16(19)20/h5,7-8,10,18H,3-4,6,9H2,1-2H3,(H,19,20). The van der Waals surface area contributed by atoms with Crippen LogP contribution in [0, 0.1) is 5.82 Å². The van der Waals surface area contributed by atoms with E-state index in [1.54, 1.807) is 12.1 Å². The Balaban J connectivity index is 2.36. The molecule has 1 atom stereocenters. The summed E-state index contributed by atoms with van der Waals surface area (Å²) in [6.45, 7) is 4.60. The van der Waals surface area contributed by atoms with E-state index in [9.17, 15) is 14.3 Å². The molecule has 0 saturated carbocycles. The van der Waals surface area contributed by atoms with E-state index in [1.165, 1.54) is 6.07 Å². The molecule has 1 aromatic carbocycles. The zero-order valence-corrected chi connectivity index (χ0v) is 13.1. The zero-order chi connectivity index (χ0) is 15.4.